The highest BCUT2D eigenvalue weighted by atomic mass is 79.9. The summed E-state index contributed by atoms with van der Waals surface area (Å²) in [6, 6.07) is 4.66. The Balaban J connectivity index is 2.10. The molecule has 6 heteroatoms. The zero-order chi connectivity index (χ0) is 13.8. The quantitative estimate of drug-likeness (QED) is 0.938. The minimum Gasteiger partial charge on any atom is -0.421 e. The van der Waals surface area contributed by atoms with E-state index < -0.39 is 5.82 Å². The summed E-state index contributed by atoms with van der Waals surface area (Å²) >= 11 is 3.18. The number of hydrogen-bond acceptors (Lipinski definition) is 4. The van der Waals surface area contributed by atoms with Crippen LogP contribution in [0.15, 0.2) is 35.1 Å². The van der Waals surface area contributed by atoms with Crippen LogP contribution >= 0.6 is 15.9 Å². The summed E-state index contributed by atoms with van der Waals surface area (Å²) in [5.74, 6) is -0.388. The molecule has 0 saturated heterocycles. The van der Waals surface area contributed by atoms with E-state index in [1.165, 1.54) is 12.1 Å². The van der Waals surface area contributed by atoms with Gasteiger partial charge in [-0.2, -0.15) is 0 Å². The summed E-state index contributed by atoms with van der Waals surface area (Å²) in [5.41, 5.74) is 6.59. The van der Waals surface area contributed by atoms with Crippen LogP contribution in [0, 0.1) is 5.82 Å². The molecule has 2 N–H and O–H groups in total. The normalized spacial score (nSPS) is 12.2. The fraction of sp³-hybridized carbons (Fsp3) is 0.231. The van der Waals surface area contributed by atoms with Gasteiger partial charge in [0, 0.05) is 22.9 Å². The maximum absolute atomic E-state index is 13.6. The van der Waals surface area contributed by atoms with Gasteiger partial charge < -0.3 is 10.5 Å². The first kappa shape index (κ1) is 13.9. The number of ether oxygens (including phenoxy) is 1. The molecule has 1 unspecified atom stereocenters. The number of aromatic nitrogens is 2. The number of hydrogen-bond donors (Lipinski definition) is 1. The second kappa shape index (κ2) is 6.08. The van der Waals surface area contributed by atoms with E-state index in [9.17, 15) is 4.39 Å². The summed E-state index contributed by atoms with van der Waals surface area (Å²) in [7, 11) is 0. The van der Waals surface area contributed by atoms with E-state index >= 15 is 0 Å². The van der Waals surface area contributed by atoms with Gasteiger partial charge >= 0.3 is 6.01 Å². The first-order valence-corrected chi connectivity index (χ1v) is 6.53. The molecule has 1 aromatic carbocycles. The molecule has 0 aliphatic carbocycles. The summed E-state index contributed by atoms with van der Waals surface area (Å²) in [5, 5.41) is 0. The number of benzene rings is 1. The molecule has 4 nitrogen and oxygen atoms in total. The van der Waals surface area contributed by atoms with Gasteiger partial charge in [0.1, 0.15) is 0 Å². The number of nitrogens with two attached hydrogens (primary N) is 1. The monoisotopic (exact) mass is 325 g/mol. The molecule has 0 bridgehead atoms. The van der Waals surface area contributed by atoms with Gasteiger partial charge in [-0.05, 0) is 37.1 Å². The van der Waals surface area contributed by atoms with Crippen molar-refractivity contribution >= 4 is 15.9 Å². The molecule has 100 valence electrons. The van der Waals surface area contributed by atoms with Crippen LogP contribution in [-0.4, -0.2) is 16.0 Å². The Labute approximate surface area is 119 Å². The lowest BCUT2D eigenvalue weighted by molar-refractivity contribution is 0.410. The Hall–Kier alpha value is -1.53. The van der Waals surface area contributed by atoms with Crippen LogP contribution in [0.2, 0.25) is 0 Å². The fourth-order valence-electron chi connectivity index (χ4n) is 1.53. The van der Waals surface area contributed by atoms with Crippen molar-refractivity contribution in [1.29, 1.82) is 0 Å². The summed E-state index contributed by atoms with van der Waals surface area (Å²) in [4.78, 5) is 8.05. The van der Waals surface area contributed by atoms with Crippen LogP contribution < -0.4 is 10.5 Å². The van der Waals surface area contributed by atoms with Crippen molar-refractivity contribution in [3.63, 3.8) is 0 Å². The fourth-order valence-corrected chi connectivity index (χ4v) is 1.86. The SMILES string of the molecule is CC(N)Cc1cnc(Oc2ccc(Br)cc2F)nc1. The molecule has 0 saturated carbocycles. The molecule has 0 radical (unpaired) electrons. The Morgan fingerprint density at radius 2 is 2.05 bits per heavy atom. The zero-order valence-corrected chi connectivity index (χ0v) is 11.9. The predicted molar refractivity (Wildman–Crippen MR) is 73.6 cm³/mol. The zero-order valence-electron chi connectivity index (χ0n) is 10.3. The highest BCUT2D eigenvalue weighted by Gasteiger charge is 2.07. The third kappa shape index (κ3) is 3.97. The molecule has 0 aliphatic heterocycles. The third-order valence-corrected chi connectivity index (χ3v) is 2.83. The van der Waals surface area contributed by atoms with Crippen molar-refractivity contribution in [1.82, 2.24) is 9.97 Å². The number of rotatable bonds is 4. The van der Waals surface area contributed by atoms with Crippen LogP contribution in [0.4, 0.5) is 4.39 Å². The van der Waals surface area contributed by atoms with Gasteiger partial charge in [-0.25, -0.2) is 14.4 Å². The minimum absolute atomic E-state index is 0.0410. The standard InChI is InChI=1S/C13H13BrFN3O/c1-8(16)4-9-6-17-13(18-7-9)19-12-3-2-10(14)5-11(12)15/h2-3,5-8H,4,16H2,1H3. The molecule has 2 aromatic rings. The van der Waals surface area contributed by atoms with Gasteiger partial charge in [0.25, 0.3) is 0 Å². The van der Waals surface area contributed by atoms with E-state index in [2.05, 4.69) is 25.9 Å². The van der Waals surface area contributed by atoms with Crippen molar-refractivity contribution in [3.8, 4) is 11.8 Å². The lowest BCUT2D eigenvalue weighted by atomic mass is 10.1. The average Bonchev–Trinajstić information content (AvgIpc) is 2.34. The third-order valence-electron chi connectivity index (χ3n) is 2.33. The molecular weight excluding hydrogens is 313 g/mol. The van der Waals surface area contributed by atoms with Crippen LogP contribution in [0.1, 0.15) is 12.5 Å². The molecule has 1 atom stereocenters. The van der Waals surface area contributed by atoms with Crippen LogP contribution in [-0.2, 0) is 6.42 Å². The first-order chi connectivity index (χ1) is 9.04. The molecule has 0 spiro atoms. The van der Waals surface area contributed by atoms with Crippen LogP contribution in [0.5, 0.6) is 11.8 Å². The van der Waals surface area contributed by atoms with Crippen molar-refractivity contribution in [2.75, 3.05) is 0 Å². The van der Waals surface area contributed by atoms with Gasteiger partial charge in [0.05, 0.1) is 0 Å². The maximum Gasteiger partial charge on any atom is 0.321 e. The van der Waals surface area contributed by atoms with E-state index in [0.717, 1.165) is 5.56 Å². The molecule has 0 amide bonds. The topological polar surface area (TPSA) is 61.0 Å². The second-order valence-electron chi connectivity index (χ2n) is 4.23. The molecule has 1 heterocycles. The van der Waals surface area contributed by atoms with E-state index in [-0.39, 0.29) is 17.8 Å². The van der Waals surface area contributed by atoms with Crippen LogP contribution in [0.3, 0.4) is 0 Å². The Morgan fingerprint density at radius 3 is 2.63 bits per heavy atom. The Morgan fingerprint density at radius 1 is 1.37 bits per heavy atom. The molecule has 1 aromatic heterocycles. The lowest BCUT2D eigenvalue weighted by Gasteiger charge is -2.07. The number of nitrogens with zero attached hydrogens (tertiary/aromatic N) is 2. The maximum atomic E-state index is 13.6. The van der Waals surface area contributed by atoms with Crippen molar-refractivity contribution in [3.05, 3.63) is 46.4 Å². The molecule has 2 rings (SSSR count). The lowest BCUT2D eigenvalue weighted by Crippen LogP contribution is -2.17. The summed E-state index contributed by atoms with van der Waals surface area (Å²) < 4.78 is 19.5. The number of halogens is 2. The van der Waals surface area contributed by atoms with Gasteiger partial charge in [0.2, 0.25) is 0 Å². The molecular formula is C13H13BrFN3O. The second-order valence-corrected chi connectivity index (χ2v) is 5.15. The Kier molecular flexibility index (Phi) is 4.44. The highest BCUT2D eigenvalue weighted by molar-refractivity contribution is 9.10. The molecule has 0 aliphatic rings. The average molecular weight is 326 g/mol. The van der Waals surface area contributed by atoms with E-state index in [0.29, 0.717) is 10.9 Å². The highest BCUT2D eigenvalue weighted by Crippen LogP contribution is 2.24. The summed E-state index contributed by atoms with van der Waals surface area (Å²) in [6.07, 6.45) is 3.94. The first-order valence-electron chi connectivity index (χ1n) is 5.74. The molecule has 19 heavy (non-hydrogen) atoms. The van der Waals surface area contributed by atoms with E-state index in [4.69, 9.17) is 10.5 Å². The van der Waals surface area contributed by atoms with Crippen LogP contribution in [0.25, 0.3) is 0 Å². The largest absolute Gasteiger partial charge is 0.421 e. The van der Waals surface area contributed by atoms with E-state index in [1.807, 2.05) is 6.92 Å². The van der Waals surface area contributed by atoms with Gasteiger partial charge in [-0.3, -0.25) is 0 Å². The van der Waals surface area contributed by atoms with Gasteiger partial charge in [-0.15, -0.1) is 0 Å². The van der Waals surface area contributed by atoms with Crippen molar-refractivity contribution in [2.24, 2.45) is 5.73 Å². The smallest absolute Gasteiger partial charge is 0.321 e. The van der Waals surface area contributed by atoms with Crippen molar-refractivity contribution in [2.45, 2.75) is 19.4 Å². The van der Waals surface area contributed by atoms with E-state index in [1.54, 1.807) is 18.5 Å². The van der Waals surface area contributed by atoms with Gasteiger partial charge in [0.15, 0.2) is 11.6 Å². The van der Waals surface area contributed by atoms with Gasteiger partial charge in [-0.1, -0.05) is 15.9 Å². The van der Waals surface area contributed by atoms with Crippen molar-refractivity contribution < 1.29 is 9.13 Å². The molecule has 0 fully saturated rings. The predicted octanol–water partition coefficient (Wildman–Crippen LogP) is 3.06. The minimum atomic E-state index is -0.474. The summed E-state index contributed by atoms with van der Waals surface area (Å²) in [6.45, 7) is 1.90. The Bertz CT molecular complexity index is 560.